The number of nitrogens with zero attached hydrogens (tertiary/aromatic N) is 2. The largest absolute Gasteiger partial charge is 0.461 e. The summed E-state index contributed by atoms with van der Waals surface area (Å²) in [6.07, 6.45) is 11.8. The molecule has 2 heterocycles. The maximum absolute atomic E-state index is 6.43. The lowest BCUT2D eigenvalue weighted by molar-refractivity contribution is 0.577. The fraction of sp³-hybridized carbons (Fsp3) is 0.0408. The summed E-state index contributed by atoms with van der Waals surface area (Å²) in [5.41, 5.74) is 12.8. The highest BCUT2D eigenvalue weighted by Crippen LogP contribution is 2.40. The number of fused-ring (bicyclic) bond motifs is 4. The second kappa shape index (κ2) is 14.3. The van der Waals surface area contributed by atoms with Crippen LogP contribution in [0.3, 0.4) is 0 Å². The molecular formula is C49H38N2O. The van der Waals surface area contributed by atoms with E-state index in [-0.39, 0.29) is 0 Å². The lowest BCUT2D eigenvalue weighted by atomic mass is 10.0. The van der Waals surface area contributed by atoms with E-state index in [1.54, 1.807) is 6.08 Å². The minimum atomic E-state index is 0.833. The molecular weight excluding hydrogens is 633 g/mol. The zero-order valence-electron chi connectivity index (χ0n) is 29.3. The van der Waals surface area contributed by atoms with Crippen LogP contribution in [-0.2, 0) is 0 Å². The molecule has 8 aromatic rings. The molecule has 0 atom stereocenters. The van der Waals surface area contributed by atoms with Crippen LogP contribution < -0.4 is 0 Å². The predicted molar refractivity (Wildman–Crippen MR) is 221 cm³/mol. The Balaban J connectivity index is 1.34. The van der Waals surface area contributed by atoms with Crippen LogP contribution in [0.15, 0.2) is 198 Å². The third kappa shape index (κ3) is 6.03. The molecule has 8 rings (SSSR count). The van der Waals surface area contributed by atoms with Gasteiger partial charge in [-0.2, -0.15) is 0 Å². The summed E-state index contributed by atoms with van der Waals surface area (Å²) in [5, 5.41) is 3.44. The number of aryl methyl sites for hydroxylation is 1. The van der Waals surface area contributed by atoms with E-state index in [0.717, 1.165) is 55.9 Å². The molecule has 2 aromatic heterocycles. The first kappa shape index (κ1) is 32.5. The zero-order valence-corrected chi connectivity index (χ0v) is 29.3. The molecule has 0 radical (unpaired) electrons. The van der Waals surface area contributed by atoms with Gasteiger partial charge in [0.2, 0.25) is 0 Å². The lowest BCUT2D eigenvalue weighted by Crippen LogP contribution is -2.03. The van der Waals surface area contributed by atoms with Crippen molar-refractivity contribution in [2.45, 2.75) is 13.8 Å². The van der Waals surface area contributed by atoms with E-state index >= 15 is 0 Å². The van der Waals surface area contributed by atoms with Crippen LogP contribution in [0.4, 0.5) is 0 Å². The van der Waals surface area contributed by atoms with Crippen LogP contribution in [-0.4, -0.2) is 10.3 Å². The molecule has 3 nitrogen and oxygen atoms in total. The molecule has 6 aromatic carbocycles. The van der Waals surface area contributed by atoms with Gasteiger partial charge in [0.15, 0.2) is 0 Å². The summed E-state index contributed by atoms with van der Waals surface area (Å²) in [5.74, 6) is 0.837. The summed E-state index contributed by atoms with van der Waals surface area (Å²) in [7, 11) is 0. The van der Waals surface area contributed by atoms with Gasteiger partial charge in [0.25, 0.3) is 0 Å². The monoisotopic (exact) mass is 670 g/mol. The van der Waals surface area contributed by atoms with Gasteiger partial charge in [-0.25, -0.2) is 0 Å². The fourth-order valence-electron chi connectivity index (χ4n) is 7.18. The average Bonchev–Trinajstić information content (AvgIpc) is 3.70. The highest BCUT2D eigenvalue weighted by atomic mass is 16.3. The van der Waals surface area contributed by atoms with Crippen molar-refractivity contribution in [2.24, 2.45) is 4.99 Å². The quantitative estimate of drug-likeness (QED) is 0.111. The van der Waals surface area contributed by atoms with Gasteiger partial charge in [-0.15, -0.1) is 0 Å². The molecule has 0 bridgehead atoms. The number of allylic oxidation sites excluding steroid dienone is 5. The molecule has 0 N–H and O–H groups in total. The van der Waals surface area contributed by atoms with Crippen molar-refractivity contribution >= 4 is 44.6 Å². The van der Waals surface area contributed by atoms with Crippen molar-refractivity contribution in [2.75, 3.05) is 0 Å². The Kier molecular flexibility index (Phi) is 8.91. The van der Waals surface area contributed by atoms with E-state index in [0.29, 0.717) is 0 Å². The normalized spacial score (nSPS) is 12.6. The van der Waals surface area contributed by atoms with Crippen molar-refractivity contribution in [3.63, 3.8) is 0 Å². The Bertz CT molecular complexity index is 2590. The van der Waals surface area contributed by atoms with Crippen LogP contribution in [0.25, 0.3) is 66.8 Å². The predicted octanol–water partition coefficient (Wildman–Crippen LogP) is 13.3. The van der Waals surface area contributed by atoms with Gasteiger partial charge in [0.1, 0.15) is 11.3 Å². The van der Waals surface area contributed by atoms with Crippen LogP contribution in [0.1, 0.15) is 23.8 Å². The van der Waals surface area contributed by atoms with E-state index < -0.39 is 0 Å². The molecule has 0 saturated carbocycles. The summed E-state index contributed by atoms with van der Waals surface area (Å²) in [6.45, 7) is 7.98. The minimum absolute atomic E-state index is 0.833. The second-order valence-electron chi connectivity index (χ2n) is 12.8. The van der Waals surface area contributed by atoms with E-state index in [9.17, 15) is 0 Å². The number of hydrogen-bond acceptors (Lipinski definition) is 2. The van der Waals surface area contributed by atoms with Gasteiger partial charge in [-0.3, -0.25) is 4.99 Å². The third-order valence-corrected chi connectivity index (χ3v) is 9.55. The van der Waals surface area contributed by atoms with E-state index in [1.807, 2.05) is 56.5 Å². The standard InChI is InChI=1S/C49H38N2O/c1-4-16-37(17-5-2)49(38-22-13-8-14-23-38)50-31-30-41-34(3)52-47-25-15-24-46(48(41)47)51-44-28-26-39(35-18-9-6-10-19-35)32-42(44)43-33-40(27-29-45(43)51)36-20-11-7-12-21-36/h4-33H,1H2,2-3H3/b17-5-,31-30-,37-16+,50-49-. The number of benzene rings is 6. The topological polar surface area (TPSA) is 30.4 Å². The smallest absolute Gasteiger partial charge is 0.137 e. The molecule has 0 saturated heterocycles. The van der Waals surface area contributed by atoms with Crippen molar-refractivity contribution < 1.29 is 4.42 Å². The first-order valence-corrected chi connectivity index (χ1v) is 17.6. The maximum atomic E-state index is 6.43. The first-order chi connectivity index (χ1) is 25.6. The van der Waals surface area contributed by atoms with Gasteiger partial charge in [0, 0.05) is 33.7 Å². The summed E-state index contributed by atoms with van der Waals surface area (Å²) in [4.78, 5) is 5.04. The Morgan fingerprint density at radius 2 is 1.27 bits per heavy atom. The molecule has 0 aliphatic rings. The zero-order chi connectivity index (χ0) is 35.4. The van der Waals surface area contributed by atoms with E-state index in [2.05, 4.69) is 145 Å². The second-order valence-corrected chi connectivity index (χ2v) is 12.8. The number of hydrogen-bond donors (Lipinski definition) is 0. The average molecular weight is 671 g/mol. The highest BCUT2D eigenvalue weighted by Gasteiger charge is 2.20. The van der Waals surface area contributed by atoms with Crippen LogP contribution in [0.5, 0.6) is 0 Å². The number of rotatable bonds is 9. The van der Waals surface area contributed by atoms with Gasteiger partial charge >= 0.3 is 0 Å². The molecule has 0 fully saturated rings. The number of furan rings is 1. The molecule has 250 valence electrons. The molecule has 0 aliphatic carbocycles. The molecule has 0 aliphatic heterocycles. The van der Waals surface area contributed by atoms with Gasteiger partial charge in [-0.05, 0) is 78.6 Å². The van der Waals surface area contributed by atoms with E-state index in [4.69, 9.17) is 9.41 Å². The van der Waals surface area contributed by atoms with Crippen molar-refractivity contribution in [3.8, 4) is 27.9 Å². The SMILES string of the molecule is C=C/C=C(\C=C/C)C(=N/C=C\c1c(C)oc2cccc(-n3c4ccc(-c5ccccc5)cc4c4cc(-c5ccccc5)ccc43)c12)/c1ccccc1. The summed E-state index contributed by atoms with van der Waals surface area (Å²) >= 11 is 0. The van der Waals surface area contributed by atoms with Gasteiger partial charge < -0.3 is 8.98 Å². The Morgan fingerprint density at radius 1 is 0.673 bits per heavy atom. The van der Waals surface area contributed by atoms with Gasteiger partial charge in [0.05, 0.1) is 27.8 Å². The van der Waals surface area contributed by atoms with Crippen LogP contribution >= 0.6 is 0 Å². The molecule has 3 heteroatoms. The Morgan fingerprint density at radius 3 is 1.85 bits per heavy atom. The Hall–Kier alpha value is -6.71. The molecule has 0 spiro atoms. The summed E-state index contributed by atoms with van der Waals surface area (Å²) in [6, 6.07) is 51.4. The molecule has 0 unspecified atom stereocenters. The Labute approximate surface area is 304 Å². The van der Waals surface area contributed by atoms with Crippen molar-refractivity contribution in [1.29, 1.82) is 0 Å². The molecule has 52 heavy (non-hydrogen) atoms. The van der Waals surface area contributed by atoms with E-state index in [1.165, 1.54) is 33.0 Å². The lowest BCUT2D eigenvalue weighted by Gasteiger charge is -2.11. The highest BCUT2D eigenvalue weighted by molar-refractivity contribution is 6.15. The van der Waals surface area contributed by atoms with Crippen molar-refractivity contribution in [1.82, 2.24) is 4.57 Å². The number of aliphatic imine (C=N–C) groups is 1. The fourth-order valence-corrected chi connectivity index (χ4v) is 7.18. The van der Waals surface area contributed by atoms with Crippen LogP contribution in [0, 0.1) is 6.92 Å². The van der Waals surface area contributed by atoms with Gasteiger partial charge in [-0.1, -0.05) is 140 Å². The molecule has 0 amide bonds. The first-order valence-electron chi connectivity index (χ1n) is 17.6. The maximum Gasteiger partial charge on any atom is 0.137 e. The summed E-state index contributed by atoms with van der Waals surface area (Å²) < 4.78 is 8.82. The van der Waals surface area contributed by atoms with Crippen LogP contribution in [0.2, 0.25) is 0 Å². The number of aromatic nitrogens is 1. The van der Waals surface area contributed by atoms with Crippen molar-refractivity contribution in [3.05, 3.63) is 205 Å². The minimum Gasteiger partial charge on any atom is -0.461 e. The third-order valence-electron chi connectivity index (χ3n) is 9.55.